The van der Waals surface area contributed by atoms with Gasteiger partial charge < -0.3 is 10.4 Å². The number of halogens is 1. The number of carbonyl (C=O) groups is 2. The predicted molar refractivity (Wildman–Crippen MR) is 81.7 cm³/mol. The van der Waals surface area contributed by atoms with Gasteiger partial charge in [-0.2, -0.15) is 0 Å². The Labute approximate surface area is 128 Å². The lowest BCUT2D eigenvalue weighted by molar-refractivity contribution is -0.139. The van der Waals surface area contributed by atoms with E-state index in [1.54, 1.807) is 0 Å². The molecule has 2 rings (SSSR count). The minimum absolute atomic E-state index is 0.127. The van der Waals surface area contributed by atoms with Crippen molar-refractivity contribution < 1.29 is 14.7 Å². The summed E-state index contributed by atoms with van der Waals surface area (Å²) in [7, 11) is 0. The van der Waals surface area contributed by atoms with E-state index in [1.807, 2.05) is 30.9 Å². The summed E-state index contributed by atoms with van der Waals surface area (Å²) < 4.78 is 0. The number of benzene rings is 1. The van der Waals surface area contributed by atoms with E-state index >= 15 is 0 Å². The Morgan fingerprint density at radius 3 is 2.62 bits per heavy atom. The Balaban J connectivity index is 1.85. The fraction of sp³-hybridized carbons (Fsp3) is 0.467. The summed E-state index contributed by atoms with van der Waals surface area (Å²) in [5.41, 5.74) is 2.63. The Morgan fingerprint density at radius 1 is 1.38 bits per heavy atom. The molecule has 1 aromatic rings. The number of carboxylic acid groups (broad SMARTS) is 1. The molecule has 0 spiro atoms. The zero-order valence-electron chi connectivity index (χ0n) is 12.1. The van der Waals surface area contributed by atoms with E-state index in [1.165, 1.54) is 0 Å². The fourth-order valence-corrected chi connectivity index (χ4v) is 3.01. The first-order valence-electron chi connectivity index (χ1n) is 6.86. The number of nitrogens with zero attached hydrogens (tertiary/aromatic N) is 1. The Hall–Kier alpha value is -1.59. The summed E-state index contributed by atoms with van der Waals surface area (Å²) in [5, 5.41) is 12.0. The van der Waals surface area contributed by atoms with E-state index in [0.717, 1.165) is 11.1 Å². The zero-order chi connectivity index (χ0) is 15.6. The molecule has 1 saturated heterocycles. The molecule has 1 fully saturated rings. The van der Waals surface area contributed by atoms with Gasteiger partial charge in [0, 0.05) is 13.1 Å². The van der Waals surface area contributed by atoms with Gasteiger partial charge in [-0.25, -0.2) is 0 Å². The van der Waals surface area contributed by atoms with Crippen LogP contribution in [0.25, 0.3) is 0 Å². The van der Waals surface area contributed by atoms with Gasteiger partial charge in [-0.15, -0.1) is 0 Å². The quantitative estimate of drug-likeness (QED) is 0.875. The number of aliphatic carboxylic acids is 1. The third-order valence-corrected chi connectivity index (χ3v) is 3.86. The van der Waals surface area contributed by atoms with Crippen LogP contribution in [0.1, 0.15) is 17.5 Å². The van der Waals surface area contributed by atoms with Crippen LogP contribution in [0.3, 0.4) is 0 Å². The van der Waals surface area contributed by atoms with Crippen molar-refractivity contribution in [3.05, 3.63) is 28.3 Å². The van der Waals surface area contributed by atoms with Gasteiger partial charge in [0.25, 0.3) is 0 Å². The third kappa shape index (κ3) is 4.19. The van der Waals surface area contributed by atoms with Gasteiger partial charge in [0.1, 0.15) is 0 Å². The van der Waals surface area contributed by atoms with Gasteiger partial charge in [0.15, 0.2) is 0 Å². The molecule has 2 N–H and O–H groups in total. The molecule has 1 heterocycles. The standard InChI is InChI=1S/C15H19ClN2O3/c1-9-3-10(2)15(12(16)4-9)17-13(19)8-18-6-11(7-18)5-14(20)21/h3-4,11H,5-8H2,1-2H3,(H,17,19)(H,20,21). The average molecular weight is 311 g/mol. The Morgan fingerprint density at radius 2 is 2.05 bits per heavy atom. The van der Waals surface area contributed by atoms with Crippen molar-refractivity contribution in [2.45, 2.75) is 20.3 Å². The number of rotatable bonds is 5. The Bertz CT molecular complexity index is 545. The van der Waals surface area contributed by atoms with Gasteiger partial charge in [0.2, 0.25) is 5.91 Å². The van der Waals surface area contributed by atoms with E-state index in [-0.39, 0.29) is 24.8 Å². The summed E-state index contributed by atoms with van der Waals surface area (Å²) >= 11 is 6.15. The van der Waals surface area contributed by atoms with Crippen LogP contribution in [0.15, 0.2) is 12.1 Å². The second-order valence-corrected chi connectivity index (χ2v) is 6.05. The number of amides is 1. The molecule has 1 aliphatic heterocycles. The number of hydrogen-bond acceptors (Lipinski definition) is 3. The smallest absolute Gasteiger partial charge is 0.303 e. The van der Waals surface area contributed by atoms with Crippen molar-refractivity contribution in [2.75, 3.05) is 25.0 Å². The molecule has 5 nitrogen and oxygen atoms in total. The van der Waals surface area contributed by atoms with Crippen LogP contribution >= 0.6 is 11.6 Å². The maximum Gasteiger partial charge on any atom is 0.303 e. The van der Waals surface area contributed by atoms with Crippen LogP contribution in [0, 0.1) is 19.8 Å². The molecule has 1 amide bonds. The van der Waals surface area contributed by atoms with E-state index in [0.29, 0.717) is 23.8 Å². The van der Waals surface area contributed by atoms with Crippen LogP contribution in [0.4, 0.5) is 5.69 Å². The molecule has 0 saturated carbocycles. The average Bonchev–Trinajstić information content (AvgIpc) is 2.30. The first-order valence-corrected chi connectivity index (χ1v) is 7.23. The van der Waals surface area contributed by atoms with Crippen LogP contribution in [0.2, 0.25) is 5.02 Å². The fourth-order valence-electron chi connectivity index (χ4n) is 2.64. The van der Waals surface area contributed by atoms with Gasteiger partial charge in [0.05, 0.1) is 23.7 Å². The number of anilines is 1. The first-order chi connectivity index (χ1) is 9.85. The molecule has 1 aromatic carbocycles. The largest absolute Gasteiger partial charge is 0.481 e. The lowest BCUT2D eigenvalue weighted by atomic mass is 9.96. The number of hydrogen-bond donors (Lipinski definition) is 2. The van der Waals surface area contributed by atoms with Crippen molar-refractivity contribution in [3.63, 3.8) is 0 Å². The highest BCUT2D eigenvalue weighted by Crippen LogP contribution is 2.27. The molecule has 0 aromatic heterocycles. The summed E-state index contributed by atoms with van der Waals surface area (Å²) in [6, 6.07) is 3.78. The third-order valence-electron chi connectivity index (χ3n) is 3.56. The highest BCUT2D eigenvalue weighted by atomic mass is 35.5. The molecule has 0 aliphatic carbocycles. The lowest BCUT2D eigenvalue weighted by Gasteiger charge is -2.37. The number of carboxylic acids is 1. The van der Waals surface area contributed by atoms with Crippen LogP contribution in [-0.2, 0) is 9.59 Å². The molecule has 6 heteroatoms. The van der Waals surface area contributed by atoms with Gasteiger partial charge in [-0.3, -0.25) is 14.5 Å². The minimum atomic E-state index is -0.786. The summed E-state index contributed by atoms with van der Waals surface area (Å²) in [6.45, 7) is 5.43. The highest BCUT2D eigenvalue weighted by molar-refractivity contribution is 6.34. The normalized spacial score (nSPS) is 15.6. The van der Waals surface area contributed by atoms with E-state index in [4.69, 9.17) is 16.7 Å². The van der Waals surface area contributed by atoms with Crippen LogP contribution < -0.4 is 5.32 Å². The van der Waals surface area contributed by atoms with Crippen molar-refractivity contribution in [2.24, 2.45) is 5.92 Å². The summed E-state index contributed by atoms with van der Waals surface area (Å²) in [6.07, 6.45) is 0.168. The van der Waals surface area contributed by atoms with E-state index in [2.05, 4.69) is 5.32 Å². The van der Waals surface area contributed by atoms with Crippen molar-refractivity contribution in [1.82, 2.24) is 4.90 Å². The zero-order valence-corrected chi connectivity index (χ0v) is 12.9. The Kier molecular flexibility index (Phi) is 4.85. The van der Waals surface area contributed by atoms with Crippen LogP contribution in [0.5, 0.6) is 0 Å². The molecule has 0 atom stereocenters. The monoisotopic (exact) mass is 310 g/mol. The van der Waals surface area contributed by atoms with Gasteiger partial charge in [-0.1, -0.05) is 17.7 Å². The maximum atomic E-state index is 12.0. The van der Waals surface area contributed by atoms with Gasteiger partial charge in [-0.05, 0) is 37.0 Å². The number of nitrogens with one attached hydrogen (secondary N) is 1. The summed E-state index contributed by atoms with van der Waals surface area (Å²) in [5.74, 6) is -0.760. The SMILES string of the molecule is Cc1cc(C)c(NC(=O)CN2CC(CC(=O)O)C2)c(Cl)c1. The minimum Gasteiger partial charge on any atom is -0.481 e. The second-order valence-electron chi connectivity index (χ2n) is 5.64. The molecule has 1 aliphatic rings. The topological polar surface area (TPSA) is 69.6 Å². The number of likely N-dealkylation sites (tertiary alicyclic amines) is 1. The molecule has 0 unspecified atom stereocenters. The second kappa shape index (κ2) is 6.45. The van der Waals surface area contributed by atoms with E-state index < -0.39 is 5.97 Å². The molecule has 0 radical (unpaired) electrons. The highest BCUT2D eigenvalue weighted by Gasteiger charge is 2.29. The molecular formula is C15H19ClN2O3. The number of aryl methyl sites for hydroxylation is 2. The van der Waals surface area contributed by atoms with Crippen molar-refractivity contribution in [3.8, 4) is 0 Å². The summed E-state index contributed by atoms with van der Waals surface area (Å²) in [4.78, 5) is 24.5. The molecule has 0 bridgehead atoms. The van der Waals surface area contributed by atoms with Crippen molar-refractivity contribution in [1.29, 1.82) is 0 Å². The van der Waals surface area contributed by atoms with Gasteiger partial charge >= 0.3 is 5.97 Å². The van der Waals surface area contributed by atoms with Crippen molar-refractivity contribution >= 4 is 29.2 Å². The first kappa shape index (κ1) is 15.8. The molecular weight excluding hydrogens is 292 g/mol. The molecule has 21 heavy (non-hydrogen) atoms. The lowest BCUT2D eigenvalue weighted by Crippen LogP contribution is -2.50. The van der Waals surface area contributed by atoms with E-state index in [9.17, 15) is 9.59 Å². The molecule has 114 valence electrons. The maximum absolute atomic E-state index is 12.0. The van der Waals surface area contributed by atoms with Crippen LogP contribution in [-0.4, -0.2) is 41.5 Å². The number of carbonyl (C=O) groups excluding carboxylic acids is 1. The predicted octanol–water partition coefficient (Wildman–Crippen LogP) is 2.30.